The van der Waals surface area contributed by atoms with Crippen LogP contribution in [-0.4, -0.2) is 30.2 Å². The normalized spacial score (nSPS) is 52.8. The lowest BCUT2D eigenvalue weighted by atomic mass is 9.47. The first kappa shape index (κ1) is 17.7. The molecular weight excluding hydrogens is 324 g/mol. The number of hydrogen-bond donors (Lipinski definition) is 1. The van der Waals surface area contributed by atoms with E-state index in [0.29, 0.717) is 16.7 Å². The topological polar surface area (TPSA) is 38.7 Å². The molecule has 3 heteroatoms. The van der Waals surface area contributed by atoms with Gasteiger partial charge in [0, 0.05) is 5.92 Å². The van der Waals surface area contributed by atoms with E-state index in [2.05, 4.69) is 26.8 Å². The van der Waals surface area contributed by atoms with E-state index in [1.807, 2.05) is 0 Å². The molecule has 4 aliphatic carbocycles. The lowest BCUT2D eigenvalue weighted by Crippen LogP contribution is -2.53. The highest BCUT2D eigenvalue weighted by Gasteiger charge is 2.62. The molecular formula is C23H36O3. The van der Waals surface area contributed by atoms with E-state index >= 15 is 0 Å². The summed E-state index contributed by atoms with van der Waals surface area (Å²) in [6, 6.07) is 0. The van der Waals surface area contributed by atoms with Crippen LogP contribution < -0.4 is 0 Å². The first-order chi connectivity index (χ1) is 12.4. The minimum absolute atomic E-state index is 0.104. The Hall–Kier alpha value is -0.380. The summed E-state index contributed by atoms with van der Waals surface area (Å²) in [4.78, 5) is 0. The Labute approximate surface area is 158 Å². The zero-order valence-corrected chi connectivity index (χ0v) is 16.8. The summed E-state index contributed by atoms with van der Waals surface area (Å²) in [7, 11) is 0. The van der Waals surface area contributed by atoms with E-state index < -0.39 is 0 Å². The van der Waals surface area contributed by atoms with Gasteiger partial charge in [-0.15, -0.1) is 0 Å². The fourth-order valence-electron chi connectivity index (χ4n) is 8.23. The standard InChI is InChI=1S/C23H36O3/c1-21-10-8-16(24)14-15(21)4-5-17-18-6-7-20(23(3)25-12-13-26-23)22(18,2)11-9-19(17)21/h4,16-20,24H,5-14H2,1-3H3/t16-,17?,18?,19?,20-,21-,22-/m0/s1. The van der Waals surface area contributed by atoms with Crippen molar-refractivity contribution in [2.75, 3.05) is 13.2 Å². The summed E-state index contributed by atoms with van der Waals surface area (Å²) < 4.78 is 12.3. The minimum Gasteiger partial charge on any atom is -0.393 e. The van der Waals surface area contributed by atoms with E-state index in [1.54, 1.807) is 5.57 Å². The first-order valence-electron chi connectivity index (χ1n) is 11.0. The predicted molar refractivity (Wildman–Crippen MR) is 102 cm³/mol. The highest BCUT2D eigenvalue weighted by Crippen LogP contribution is 2.68. The van der Waals surface area contributed by atoms with Gasteiger partial charge in [-0.3, -0.25) is 0 Å². The molecule has 0 bridgehead atoms. The molecule has 1 N–H and O–H groups in total. The van der Waals surface area contributed by atoms with Gasteiger partial charge in [-0.2, -0.15) is 0 Å². The van der Waals surface area contributed by atoms with E-state index in [0.717, 1.165) is 43.8 Å². The molecule has 0 aromatic rings. The van der Waals surface area contributed by atoms with Crippen LogP contribution in [0, 0.1) is 34.5 Å². The Bertz CT molecular complexity index is 607. The van der Waals surface area contributed by atoms with Gasteiger partial charge in [-0.25, -0.2) is 0 Å². The van der Waals surface area contributed by atoms with Crippen LogP contribution in [0.5, 0.6) is 0 Å². The molecule has 26 heavy (non-hydrogen) atoms. The van der Waals surface area contributed by atoms with Crippen LogP contribution in [0.15, 0.2) is 11.6 Å². The average molecular weight is 361 g/mol. The second-order valence-corrected chi connectivity index (χ2v) is 10.5. The SMILES string of the molecule is CC1([C@H]2CCC3C4CC=C5C[C@@H](O)CC[C@]5(C)C4CC[C@@]32C)OCCO1. The molecule has 0 radical (unpaired) electrons. The second kappa shape index (κ2) is 5.81. The van der Waals surface area contributed by atoms with Crippen LogP contribution in [0.4, 0.5) is 0 Å². The number of rotatable bonds is 1. The van der Waals surface area contributed by atoms with Crippen molar-refractivity contribution >= 4 is 0 Å². The molecule has 0 spiro atoms. The highest BCUT2D eigenvalue weighted by molar-refractivity contribution is 5.25. The number of aliphatic hydroxyl groups is 1. The van der Waals surface area contributed by atoms with Crippen LogP contribution in [0.2, 0.25) is 0 Å². The molecule has 0 amide bonds. The largest absolute Gasteiger partial charge is 0.393 e. The van der Waals surface area contributed by atoms with Gasteiger partial charge in [0.25, 0.3) is 0 Å². The van der Waals surface area contributed by atoms with Crippen molar-refractivity contribution in [2.24, 2.45) is 34.5 Å². The molecule has 1 aliphatic heterocycles. The Balaban J connectivity index is 1.45. The van der Waals surface area contributed by atoms with Crippen molar-refractivity contribution in [3.05, 3.63) is 11.6 Å². The average Bonchev–Trinajstić information content (AvgIpc) is 3.19. The van der Waals surface area contributed by atoms with E-state index in [1.165, 1.54) is 38.5 Å². The van der Waals surface area contributed by atoms with E-state index in [9.17, 15) is 5.11 Å². The monoisotopic (exact) mass is 360 g/mol. The summed E-state index contributed by atoms with van der Waals surface area (Å²) >= 11 is 0. The number of fused-ring (bicyclic) bond motifs is 5. The molecule has 5 rings (SSSR count). The molecule has 146 valence electrons. The second-order valence-electron chi connectivity index (χ2n) is 10.5. The number of aliphatic hydroxyl groups excluding tert-OH is 1. The summed E-state index contributed by atoms with van der Waals surface area (Å²) in [6.07, 6.45) is 12.0. The number of allylic oxidation sites excluding steroid dienone is 1. The lowest BCUT2D eigenvalue weighted by Gasteiger charge is -2.58. The van der Waals surface area contributed by atoms with Crippen molar-refractivity contribution in [3.8, 4) is 0 Å². The molecule has 7 atom stereocenters. The van der Waals surface area contributed by atoms with Crippen LogP contribution in [0.25, 0.3) is 0 Å². The number of hydrogen-bond acceptors (Lipinski definition) is 3. The first-order valence-corrected chi connectivity index (χ1v) is 11.0. The third kappa shape index (κ3) is 2.29. The molecule has 1 saturated heterocycles. The van der Waals surface area contributed by atoms with Gasteiger partial charge in [0.1, 0.15) is 0 Å². The molecule has 0 aromatic carbocycles. The summed E-state index contributed by atoms with van der Waals surface area (Å²) in [5.74, 6) is 2.61. The maximum atomic E-state index is 10.2. The summed E-state index contributed by atoms with van der Waals surface area (Å²) in [6.45, 7) is 8.78. The molecule has 3 nitrogen and oxygen atoms in total. The van der Waals surface area contributed by atoms with Gasteiger partial charge < -0.3 is 14.6 Å². The Morgan fingerprint density at radius 2 is 1.73 bits per heavy atom. The molecule has 0 aromatic heterocycles. The van der Waals surface area contributed by atoms with E-state index in [-0.39, 0.29) is 11.9 Å². The van der Waals surface area contributed by atoms with Crippen molar-refractivity contribution in [2.45, 2.75) is 84.0 Å². The highest BCUT2D eigenvalue weighted by atomic mass is 16.7. The van der Waals surface area contributed by atoms with Gasteiger partial charge in [0.05, 0.1) is 19.3 Å². The summed E-state index contributed by atoms with van der Waals surface area (Å²) in [5, 5.41) is 10.2. The molecule has 5 aliphatic rings. The quantitative estimate of drug-likeness (QED) is 0.690. The van der Waals surface area contributed by atoms with Gasteiger partial charge in [0.2, 0.25) is 0 Å². The Morgan fingerprint density at radius 3 is 2.50 bits per heavy atom. The Morgan fingerprint density at radius 1 is 0.962 bits per heavy atom. The predicted octanol–water partition coefficient (Wildman–Crippen LogP) is 4.69. The van der Waals surface area contributed by atoms with Crippen LogP contribution >= 0.6 is 0 Å². The summed E-state index contributed by atoms with van der Waals surface area (Å²) in [5.41, 5.74) is 2.27. The van der Waals surface area contributed by atoms with Crippen molar-refractivity contribution in [3.63, 3.8) is 0 Å². The maximum Gasteiger partial charge on any atom is 0.169 e. The molecule has 1 heterocycles. The maximum absolute atomic E-state index is 10.2. The van der Waals surface area contributed by atoms with Crippen molar-refractivity contribution < 1.29 is 14.6 Å². The van der Waals surface area contributed by atoms with Crippen molar-refractivity contribution in [1.29, 1.82) is 0 Å². The molecule has 4 fully saturated rings. The third-order valence-electron chi connectivity index (χ3n) is 9.57. The minimum atomic E-state index is -0.356. The van der Waals surface area contributed by atoms with E-state index in [4.69, 9.17) is 9.47 Å². The van der Waals surface area contributed by atoms with Gasteiger partial charge in [0.15, 0.2) is 5.79 Å². The van der Waals surface area contributed by atoms with Crippen LogP contribution in [-0.2, 0) is 9.47 Å². The molecule has 3 saturated carbocycles. The Kier molecular flexibility index (Phi) is 3.96. The zero-order valence-electron chi connectivity index (χ0n) is 16.8. The van der Waals surface area contributed by atoms with Gasteiger partial charge >= 0.3 is 0 Å². The van der Waals surface area contributed by atoms with Gasteiger partial charge in [-0.05, 0) is 86.9 Å². The molecule has 3 unspecified atom stereocenters. The number of ether oxygens (including phenoxy) is 2. The fraction of sp³-hybridized carbons (Fsp3) is 0.913. The van der Waals surface area contributed by atoms with Crippen molar-refractivity contribution in [1.82, 2.24) is 0 Å². The van der Waals surface area contributed by atoms with Gasteiger partial charge in [-0.1, -0.05) is 25.5 Å². The van der Waals surface area contributed by atoms with Crippen LogP contribution in [0.1, 0.15) is 72.1 Å². The van der Waals surface area contributed by atoms with Crippen LogP contribution in [0.3, 0.4) is 0 Å². The third-order valence-corrected chi connectivity index (χ3v) is 9.57. The smallest absolute Gasteiger partial charge is 0.169 e. The fourth-order valence-corrected chi connectivity index (χ4v) is 8.23. The zero-order chi connectivity index (χ0) is 18.2. The lowest BCUT2D eigenvalue weighted by molar-refractivity contribution is -0.214.